The van der Waals surface area contributed by atoms with Gasteiger partial charge in [-0.2, -0.15) is 0 Å². The maximum Gasteiger partial charge on any atom is 0.234 e. The summed E-state index contributed by atoms with van der Waals surface area (Å²) in [5.41, 5.74) is 0.505. The number of hydrogen-bond acceptors (Lipinski definition) is 6. The van der Waals surface area contributed by atoms with Crippen molar-refractivity contribution in [2.75, 3.05) is 18.2 Å². The first kappa shape index (κ1) is 21.3. The van der Waals surface area contributed by atoms with E-state index in [1.54, 1.807) is 29.9 Å². The van der Waals surface area contributed by atoms with Crippen molar-refractivity contribution in [3.05, 3.63) is 58.3 Å². The second kappa shape index (κ2) is 9.87. The molecule has 0 saturated heterocycles. The molecule has 1 N–H and O–H groups in total. The molecule has 152 valence electrons. The van der Waals surface area contributed by atoms with E-state index in [2.05, 4.69) is 15.5 Å². The van der Waals surface area contributed by atoms with Crippen LogP contribution in [0.3, 0.4) is 0 Å². The minimum Gasteiger partial charge on any atom is -0.493 e. The molecule has 0 spiro atoms. The van der Waals surface area contributed by atoms with Crippen LogP contribution < -0.4 is 14.8 Å². The number of nitrogens with one attached hydrogen (secondary N) is 1. The number of methoxy groups -OCH3 is 1. The van der Waals surface area contributed by atoms with Gasteiger partial charge in [0.05, 0.1) is 23.6 Å². The van der Waals surface area contributed by atoms with Gasteiger partial charge in [-0.3, -0.25) is 4.79 Å². The largest absolute Gasteiger partial charge is 0.493 e. The summed E-state index contributed by atoms with van der Waals surface area (Å²) in [5, 5.41) is 12.5. The van der Waals surface area contributed by atoms with E-state index in [1.807, 2.05) is 31.3 Å². The number of carbonyl (C=O) groups excluding carboxylic acids is 1. The van der Waals surface area contributed by atoms with Crippen LogP contribution in [0, 0.1) is 0 Å². The zero-order valence-corrected chi connectivity index (χ0v) is 18.0. The number of nitrogens with zero attached hydrogens (tertiary/aromatic N) is 3. The van der Waals surface area contributed by atoms with Crippen LogP contribution in [0.25, 0.3) is 0 Å². The monoisotopic (exact) mass is 452 g/mol. The molecule has 0 aliphatic heterocycles. The molecule has 1 heterocycles. The van der Waals surface area contributed by atoms with Crippen molar-refractivity contribution in [3.8, 4) is 11.5 Å². The Balaban J connectivity index is 1.56. The number of hydrogen-bond donors (Lipinski definition) is 1. The third kappa shape index (κ3) is 5.56. The van der Waals surface area contributed by atoms with Crippen molar-refractivity contribution in [2.45, 2.75) is 11.8 Å². The highest BCUT2D eigenvalue weighted by Crippen LogP contribution is 2.27. The molecule has 0 fully saturated rings. The number of thioether (sulfide) groups is 1. The molecule has 1 aromatic heterocycles. The van der Waals surface area contributed by atoms with Gasteiger partial charge in [0.25, 0.3) is 0 Å². The van der Waals surface area contributed by atoms with Crippen molar-refractivity contribution in [3.63, 3.8) is 0 Å². The number of ether oxygens (including phenoxy) is 2. The Kier molecular flexibility index (Phi) is 7.24. The summed E-state index contributed by atoms with van der Waals surface area (Å²) < 4.78 is 12.8. The number of carbonyl (C=O) groups is 1. The predicted octanol–water partition coefficient (Wildman–Crippen LogP) is 4.44. The third-order valence-corrected chi connectivity index (χ3v) is 5.46. The number of amides is 1. The average molecular weight is 453 g/mol. The molecule has 7 nitrogen and oxygen atoms in total. The molecule has 0 aliphatic carbocycles. The van der Waals surface area contributed by atoms with E-state index in [4.69, 9.17) is 32.7 Å². The van der Waals surface area contributed by atoms with Crippen molar-refractivity contribution < 1.29 is 14.3 Å². The summed E-state index contributed by atoms with van der Waals surface area (Å²) >= 11 is 13.2. The highest BCUT2D eigenvalue weighted by molar-refractivity contribution is 7.99. The van der Waals surface area contributed by atoms with Gasteiger partial charge in [-0.25, -0.2) is 0 Å². The number of benzene rings is 2. The first-order valence-electron chi connectivity index (χ1n) is 8.49. The van der Waals surface area contributed by atoms with Gasteiger partial charge in [-0.15, -0.1) is 10.2 Å². The van der Waals surface area contributed by atoms with E-state index < -0.39 is 0 Å². The Labute approximate surface area is 182 Å². The van der Waals surface area contributed by atoms with Crippen LogP contribution in [0.1, 0.15) is 5.82 Å². The predicted molar refractivity (Wildman–Crippen MR) is 114 cm³/mol. The van der Waals surface area contributed by atoms with Crippen molar-refractivity contribution in [2.24, 2.45) is 7.05 Å². The standard InChI is InChI=1S/C19H18Cl2N4O3S/c1-25-17(10-28-16-6-4-3-5-15(16)27-2)23-24-19(25)29-11-18(26)22-14-8-7-12(20)9-13(14)21/h3-9H,10-11H2,1-2H3,(H,22,26). The fourth-order valence-electron chi connectivity index (χ4n) is 2.38. The Morgan fingerprint density at radius 2 is 1.93 bits per heavy atom. The Hall–Kier alpha value is -2.42. The summed E-state index contributed by atoms with van der Waals surface area (Å²) in [6.07, 6.45) is 0. The van der Waals surface area contributed by atoms with E-state index >= 15 is 0 Å². The topological polar surface area (TPSA) is 78.3 Å². The number of anilines is 1. The van der Waals surface area contributed by atoms with E-state index in [-0.39, 0.29) is 18.3 Å². The maximum absolute atomic E-state index is 12.2. The van der Waals surface area contributed by atoms with Crippen LogP contribution in [0.2, 0.25) is 10.0 Å². The van der Waals surface area contributed by atoms with Crippen LogP contribution >= 0.6 is 35.0 Å². The summed E-state index contributed by atoms with van der Waals surface area (Å²) in [6, 6.07) is 12.3. The van der Waals surface area contributed by atoms with E-state index in [9.17, 15) is 4.79 Å². The lowest BCUT2D eigenvalue weighted by Crippen LogP contribution is -2.15. The minimum atomic E-state index is -0.214. The molecular weight excluding hydrogens is 435 g/mol. The molecular formula is C19H18Cl2N4O3S. The Morgan fingerprint density at radius 3 is 2.66 bits per heavy atom. The number of aromatic nitrogens is 3. The number of rotatable bonds is 8. The molecule has 0 bridgehead atoms. The van der Waals surface area contributed by atoms with E-state index in [0.29, 0.717) is 38.2 Å². The van der Waals surface area contributed by atoms with Crippen LogP contribution in [0.5, 0.6) is 11.5 Å². The molecule has 0 aliphatic rings. The average Bonchev–Trinajstić information content (AvgIpc) is 3.06. The smallest absolute Gasteiger partial charge is 0.234 e. The lowest BCUT2D eigenvalue weighted by molar-refractivity contribution is -0.113. The molecule has 0 radical (unpaired) electrons. The first-order valence-corrected chi connectivity index (χ1v) is 10.2. The van der Waals surface area contributed by atoms with Gasteiger partial charge >= 0.3 is 0 Å². The number of halogens is 2. The molecule has 3 rings (SSSR count). The summed E-state index contributed by atoms with van der Waals surface area (Å²) in [5.74, 6) is 1.82. The highest BCUT2D eigenvalue weighted by Gasteiger charge is 2.14. The second-order valence-corrected chi connectivity index (χ2v) is 7.64. The Bertz CT molecular complexity index is 1010. The van der Waals surface area contributed by atoms with E-state index in [0.717, 1.165) is 0 Å². The van der Waals surface area contributed by atoms with Crippen LogP contribution in [-0.2, 0) is 18.4 Å². The fraction of sp³-hybridized carbons (Fsp3) is 0.211. The molecule has 0 unspecified atom stereocenters. The zero-order valence-electron chi connectivity index (χ0n) is 15.7. The molecule has 0 atom stereocenters. The minimum absolute atomic E-state index is 0.151. The molecule has 1 amide bonds. The Morgan fingerprint density at radius 1 is 1.17 bits per heavy atom. The quantitative estimate of drug-likeness (QED) is 0.508. The highest BCUT2D eigenvalue weighted by atomic mass is 35.5. The zero-order chi connectivity index (χ0) is 20.8. The van der Waals surface area contributed by atoms with Crippen molar-refractivity contribution >= 4 is 46.6 Å². The maximum atomic E-state index is 12.2. The molecule has 2 aromatic carbocycles. The first-order chi connectivity index (χ1) is 14.0. The van der Waals surface area contributed by atoms with Gasteiger partial charge in [-0.05, 0) is 30.3 Å². The van der Waals surface area contributed by atoms with E-state index in [1.165, 1.54) is 11.8 Å². The van der Waals surface area contributed by atoms with Crippen LogP contribution in [-0.4, -0.2) is 33.5 Å². The van der Waals surface area contributed by atoms with Gasteiger partial charge in [0.1, 0.15) is 6.61 Å². The van der Waals surface area contributed by atoms with Crippen LogP contribution in [0.15, 0.2) is 47.6 Å². The molecule has 3 aromatic rings. The molecule has 10 heteroatoms. The molecule has 0 saturated carbocycles. The molecule has 29 heavy (non-hydrogen) atoms. The fourth-order valence-corrected chi connectivity index (χ4v) is 3.57. The third-order valence-electron chi connectivity index (χ3n) is 3.89. The van der Waals surface area contributed by atoms with Crippen LogP contribution in [0.4, 0.5) is 5.69 Å². The van der Waals surface area contributed by atoms with Gasteiger partial charge in [0, 0.05) is 12.1 Å². The van der Waals surface area contributed by atoms with Crippen molar-refractivity contribution in [1.29, 1.82) is 0 Å². The number of para-hydroxylation sites is 2. The summed E-state index contributed by atoms with van der Waals surface area (Å²) in [6.45, 7) is 0.219. The van der Waals surface area contributed by atoms with Gasteiger partial charge in [0.2, 0.25) is 5.91 Å². The normalized spacial score (nSPS) is 10.6. The lowest BCUT2D eigenvalue weighted by Gasteiger charge is -2.10. The SMILES string of the molecule is COc1ccccc1OCc1nnc(SCC(=O)Nc2ccc(Cl)cc2Cl)n1C. The second-order valence-electron chi connectivity index (χ2n) is 5.86. The summed E-state index contributed by atoms with van der Waals surface area (Å²) in [7, 11) is 3.40. The lowest BCUT2D eigenvalue weighted by atomic mass is 10.3. The van der Waals surface area contributed by atoms with Gasteiger partial charge < -0.3 is 19.4 Å². The van der Waals surface area contributed by atoms with Gasteiger partial charge in [-0.1, -0.05) is 47.1 Å². The van der Waals surface area contributed by atoms with Gasteiger partial charge in [0.15, 0.2) is 22.5 Å². The van der Waals surface area contributed by atoms with Crippen molar-refractivity contribution in [1.82, 2.24) is 14.8 Å². The summed E-state index contributed by atoms with van der Waals surface area (Å²) in [4.78, 5) is 12.2.